The molecule has 0 saturated carbocycles. The third kappa shape index (κ3) is 4.29. The van der Waals surface area contributed by atoms with E-state index < -0.39 is 30.9 Å². The second kappa shape index (κ2) is 6.07. The van der Waals surface area contributed by atoms with Crippen LogP contribution in [0.2, 0.25) is 0 Å². The third-order valence-corrected chi connectivity index (χ3v) is 2.03. The standard InChI is InChI=1S/C10H12F3N3O/c1-6(7-2-3-14-4-8(7)11)16-10(17)15-5-9(12)13/h2-4,6,9H,5H2,1H3,(H2,15,16,17). The van der Waals surface area contributed by atoms with Gasteiger partial charge in [0.05, 0.1) is 18.8 Å². The van der Waals surface area contributed by atoms with Crippen LogP contribution in [0.5, 0.6) is 0 Å². The minimum absolute atomic E-state index is 0.243. The van der Waals surface area contributed by atoms with Crippen LogP contribution in [-0.2, 0) is 0 Å². The maximum Gasteiger partial charge on any atom is 0.315 e. The number of carbonyl (C=O) groups is 1. The van der Waals surface area contributed by atoms with Crippen LogP contribution in [-0.4, -0.2) is 24.0 Å². The second-order valence-electron chi connectivity index (χ2n) is 3.36. The Balaban J connectivity index is 2.52. The number of alkyl halides is 2. The van der Waals surface area contributed by atoms with Gasteiger partial charge in [-0.05, 0) is 13.0 Å². The first kappa shape index (κ1) is 13.3. The van der Waals surface area contributed by atoms with Crippen LogP contribution in [0.1, 0.15) is 18.5 Å². The number of nitrogens with zero attached hydrogens (tertiary/aromatic N) is 1. The monoisotopic (exact) mass is 247 g/mol. The number of hydrogen-bond donors (Lipinski definition) is 2. The number of carbonyl (C=O) groups excluding carboxylic acids is 1. The lowest BCUT2D eigenvalue weighted by molar-refractivity contribution is 0.146. The molecular weight excluding hydrogens is 235 g/mol. The molecule has 0 aliphatic carbocycles. The SMILES string of the molecule is CC(NC(=O)NCC(F)F)c1ccncc1F. The van der Waals surface area contributed by atoms with E-state index >= 15 is 0 Å². The van der Waals surface area contributed by atoms with Gasteiger partial charge >= 0.3 is 6.03 Å². The highest BCUT2D eigenvalue weighted by atomic mass is 19.3. The largest absolute Gasteiger partial charge is 0.332 e. The van der Waals surface area contributed by atoms with E-state index in [0.29, 0.717) is 0 Å². The fourth-order valence-corrected chi connectivity index (χ4v) is 1.23. The van der Waals surface area contributed by atoms with Gasteiger partial charge in [-0.15, -0.1) is 0 Å². The zero-order valence-corrected chi connectivity index (χ0v) is 9.08. The predicted molar refractivity (Wildman–Crippen MR) is 55.1 cm³/mol. The number of pyridine rings is 1. The second-order valence-corrected chi connectivity index (χ2v) is 3.36. The van der Waals surface area contributed by atoms with Gasteiger partial charge < -0.3 is 10.6 Å². The average molecular weight is 247 g/mol. The summed E-state index contributed by atoms with van der Waals surface area (Å²) in [5.74, 6) is -0.561. The molecule has 1 aromatic heterocycles. The summed E-state index contributed by atoms with van der Waals surface area (Å²) in [4.78, 5) is 14.7. The molecule has 17 heavy (non-hydrogen) atoms. The lowest BCUT2D eigenvalue weighted by atomic mass is 10.1. The Morgan fingerprint density at radius 3 is 2.82 bits per heavy atom. The van der Waals surface area contributed by atoms with Crippen LogP contribution in [0.3, 0.4) is 0 Å². The first-order valence-corrected chi connectivity index (χ1v) is 4.92. The zero-order chi connectivity index (χ0) is 12.8. The minimum atomic E-state index is -2.62. The summed E-state index contributed by atoms with van der Waals surface area (Å²) in [6, 6.07) is 0.0117. The summed E-state index contributed by atoms with van der Waals surface area (Å²) in [6.45, 7) is 0.803. The van der Waals surface area contributed by atoms with Crippen molar-refractivity contribution in [2.24, 2.45) is 0 Å². The third-order valence-electron chi connectivity index (χ3n) is 2.03. The summed E-state index contributed by atoms with van der Waals surface area (Å²) < 4.78 is 36.9. The molecular formula is C10H12F3N3O. The zero-order valence-electron chi connectivity index (χ0n) is 9.08. The van der Waals surface area contributed by atoms with Crippen molar-refractivity contribution in [3.05, 3.63) is 29.8 Å². The Morgan fingerprint density at radius 1 is 1.53 bits per heavy atom. The summed E-state index contributed by atoms with van der Waals surface area (Å²) >= 11 is 0. The number of halogens is 3. The molecule has 0 aliphatic rings. The van der Waals surface area contributed by atoms with E-state index in [4.69, 9.17) is 0 Å². The Hall–Kier alpha value is -1.79. The highest BCUT2D eigenvalue weighted by molar-refractivity contribution is 5.74. The average Bonchev–Trinajstić information content (AvgIpc) is 2.26. The molecule has 0 aromatic carbocycles. The van der Waals surface area contributed by atoms with Gasteiger partial charge in [-0.1, -0.05) is 0 Å². The molecule has 0 fully saturated rings. The maximum absolute atomic E-state index is 13.3. The van der Waals surface area contributed by atoms with Crippen molar-refractivity contribution in [3.8, 4) is 0 Å². The fourth-order valence-electron chi connectivity index (χ4n) is 1.23. The quantitative estimate of drug-likeness (QED) is 0.853. The molecule has 0 aliphatic heterocycles. The molecule has 1 heterocycles. The highest BCUT2D eigenvalue weighted by Crippen LogP contribution is 2.14. The Kier molecular flexibility index (Phi) is 4.74. The van der Waals surface area contributed by atoms with Crippen molar-refractivity contribution in [1.82, 2.24) is 15.6 Å². The van der Waals surface area contributed by atoms with E-state index in [9.17, 15) is 18.0 Å². The molecule has 1 rings (SSSR count). The number of urea groups is 1. The summed E-state index contributed by atoms with van der Waals surface area (Å²) in [5, 5.41) is 4.31. The first-order valence-electron chi connectivity index (χ1n) is 4.92. The normalized spacial score (nSPS) is 12.3. The van der Waals surface area contributed by atoms with E-state index in [-0.39, 0.29) is 5.56 Å². The van der Waals surface area contributed by atoms with Crippen molar-refractivity contribution in [2.75, 3.05) is 6.54 Å². The Morgan fingerprint density at radius 2 is 2.24 bits per heavy atom. The van der Waals surface area contributed by atoms with Crippen molar-refractivity contribution < 1.29 is 18.0 Å². The van der Waals surface area contributed by atoms with Gasteiger partial charge in [0.1, 0.15) is 5.82 Å². The molecule has 0 radical (unpaired) electrons. The van der Waals surface area contributed by atoms with E-state index in [2.05, 4.69) is 10.3 Å². The summed E-state index contributed by atoms with van der Waals surface area (Å²) in [7, 11) is 0. The van der Waals surface area contributed by atoms with Crippen LogP contribution in [0.25, 0.3) is 0 Å². The van der Waals surface area contributed by atoms with Gasteiger partial charge in [-0.2, -0.15) is 0 Å². The van der Waals surface area contributed by atoms with Gasteiger partial charge in [0.2, 0.25) is 0 Å². The summed E-state index contributed by atoms with van der Waals surface area (Å²) in [5.41, 5.74) is 0.243. The van der Waals surface area contributed by atoms with Crippen LogP contribution in [0.15, 0.2) is 18.5 Å². The molecule has 1 aromatic rings. The number of hydrogen-bond acceptors (Lipinski definition) is 2. The molecule has 94 valence electrons. The topological polar surface area (TPSA) is 54.0 Å². The fraction of sp³-hybridized carbons (Fsp3) is 0.400. The predicted octanol–water partition coefficient (Wildman–Crippen LogP) is 1.85. The van der Waals surface area contributed by atoms with Crippen LogP contribution in [0, 0.1) is 5.82 Å². The van der Waals surface area contributed by atoms with Crippen molar-refractivity contribution in [2.45, 2.75) is 19.4 Å². The lowest BCUT2D eigenvalue weighted by Gasteiger charge is -2.15. The Bertz CT molecular complexity index is 387. The summed E-state index contributed by atoms with van der Waals surface area (Å²) in [6.07, 6.45) is -0.216. The molecule has 4 nitrogen and oxygen atoms in total. The molecule has 0 saturated heterocycles. The molecule has 0 bridgehead atoms. The van der Waals surface area contributed by atoms with E-state index in [1.54, 1.807) is 6.92 Å². The smallest absolute Gasteiger partial charge is 0.315 e. The van der Waals surface area contributed by atoms with Gasteiger partial charge in [0.25, 0.3) is 6.43 Å². The molecule has 7 heteroatoms. The minimum Gasteiger partial charge on any atom is -0.332 e. The lowest BCUT2D eigenvalue weighted by Crippen LogP contribution is -2.39. The molecule has 1 unspecified atom stereocenters. The maximum atomic E-state index is 13.3. The number of nitrogens with one attached hydrogen (secondary N) is 2. The van der Waals surface area contributed by atoms with Gasteiger partial charge in [-0.3, -0.25) is 4.98 Å². The first-order chi connectivity index (χ1) is 8.00. The molecule has 2 amide bonds. The highest BCUT2D eigenvalue weighted by Gasteiger charge is 2.14. The van der Waals surface area contributed by atoms with E-state index in [1.165, 1.54) is 12.3 Å². The van der Waals surface area contributed by atoms with Crippen LogP contribution < -0.4 is 10.6 Å². The molecule has 2 N–H and O–H groups in total. The number of rotatable bonds is 4. The Labute approximate surface area is 96.2 Å². The molecule has 0 spiro atoms. The molecule has 1 atom stereocenters. The van der Waals surface area contributed by atoms with Gasteiger partial charge in [0.15, 0.2) is 0 Å². The van der Waals surface area contributed by atoms with Crippen molar-refractivity contribution >= 4 is 6.03 Å². The van der Waals surface area contributed by atoms with Crippen molar-refractivity contribution in [3.63, 3.8) is 0 Å². The van der Waals surface area contributed by atoms with Crippen molar-refractivity contribution in [1.29, 1.82) is 0 Å². The van der Waals surface area contributed by atoms with Gasteiger partial charge in [0, 0.05) is 11.8 Å². The van der Waals surface area contributed by atoms with E-state index in [1.807, 2.05) is 5.32 Å². The van der Waals surface area contributed by atoms with E-state index in [0.717, 1.165) is 6.20 Å². The van der Waals surface area contributed by atoms with Gasteiger partial charge in [-0.25, -0.2) is 18.0 Å². The number of aromatic nitrogens is 1. The van der Waals surface area contributed by atoms with Crippen LogP contribution in [0.4, 0.5) is 18.0 Å². The van der Waals surface area contributed by atoms with Crippen LogP contribution >= 0.6 is 0 Å². The number of amides is 2.